The maximum absolute atomic E-state index is 13.1. The van der Waals surface area contributed by atoms with E-state index in [9.17, 15) is 4.79 Å². The minimum Gasteiger partial charge on any atom is -0.492 e. The average Bonchev–Trinajstić information content (AvgIpc) is 3.36. The van der Waals surface area contributed by atoms with E-state index in [4.69, 9.17) is 4.74 Å². The molecular formula is C24H37N3O2. The van der Waals surface area contributed by atoms with E-state index in [0.29, 0.717) is 6.04 Å². The van der Waals surface area contributed by atoms with Crippen molar-refractivity contribution in [2.45, 2.75) is 57.4 Å². The molecule has 3 aliphatic rings. The SMILES string of the molecule is O=C(c1ccc(OCCN2CCCCCC2)cc1)N1CCC[C@H]1CN1CCCC1. The molecule has 1 amide bonds. The summed E-state index contributed by atoms with van der Waals surface area (Å²) >= 11 is 0. The third kappa shape index (κ3) is 5.73. The van der Waals surface area contributed by atoms with Crippen LogP contribution in [0.3, 0.4) is 0 Å². The molecule has 4 rings (SSSR count). The number of hydrogen-bond donors (Lipinski definition) is 0. The molecule has 5 nitrogen and oxygen atoms in total. The van der Waals surface area contributed by atoms with Crippen LogP contribution in [0.25, 0.3) is 0 Å². The lowest BCUT2D eigenvalue weighted by atomic mass is 10.1. The van der Waals surface area contributed by atoms with Gasteiger partial charge < -0.3 is 14.5 Å². The first-order valence-corrected chi connectivity index (χ1v) is 11.8. The highest BCUT2D eigenvalue weighted by atomic mass is 16.5. The van der Waals surface area contributed by atoms with E-state index >= 15 is 0 Å². The Morgan fingerprint density at radius 2 is 1.48 bits per heavy atom. The molecule has 3 fully saturated rings. The summed E-state index contributed by atoms with van der Waals surface area (Å²) in [6.45, 7) is 8.44. The van der Waals surface area contributed by atoms with Crippen molar-refractivity contribution >= 4 is 5.91 Å². The van der Waals surface area contributed by atoms with Crippen molar-refractivity contribution in [3.05, 3.63) is 29.8 Å². The molecule has 0 aromatic heterocycles. The summed E-state index contributed by atoms with van der Waals surface area (Å²) < 4.78 is 5.95. The zero-order valence-electron chi connectivity index (χ0n) is 17.9. The zero-order chi connectivity index (χ0) is 19.9. The minimum absolute atomic E-state index is 0.183. The highest BCUT2D eigenvalue weighted by Crippen LogP contribution is 2.23. The summed E-state index contributed by atoms with van der Waals surface area (Å²) in [5, 5.41) is 0. The van der Waals surface area contributed by atoms with Crippen LogP contribution in [0.5, 0.6) is 5.75 Å². The summed E-state index contributed by atoms with van der Waals surface area (Å²) in [5.41, 5.74) is 0.790. The Kier molecular flexibility index (Phi) is 7.44. The van der Waals surface area contributed by atoms with Crippen LogP contribution in [0.4, 0.5) is 0 Å². The van der Waals surface area contributed by atoms with Gasteiger partial charge in [0.2, 0.25) is 0 Å². The number of carbonyl (C=O) groups is 1. The smallest absolute Gasteiger partial charge is 0.254 e. The van der Waals surface area contributed by atoms with Gasteiger partial charge in [0, 0.05) is 31.2 Å². The highest BCUT2D eigenvalue weighted by molar-refractivity contribution is 5.94. The molecule has 0 radical (unpaired) electrons. The molecule has 0 unspecified atom stereocenters. The normalized spacial score (nSPS) is 24.0. The van der Waals surface area contributed by atoms with Gasteiger partial charge in [0.1, 0.15) is 12.4 Å². The maximum Gasteiger partial charge on any atom is 0.254 e. The Labute approximate surface area is 176 Å². The van der Waals surface area contributed by atoms with E-state index in [2.05, 4.69) is 14.7 Å². The molecule has 160 valence electrons. The molecule has 5 heteroatoms. The third-order valence-electron chi connectivity index (χ3n) is 6.78. The Morgan fingerprint density at radius 3 is 2.21 bits per heavy atom. The molecule has 3 aliphatic heterocycles. The van der Waals surface area contributed by atoms with E-state index in [-0.39, 0.29) is 5.91 Å². The summed E-state index contributed by atoms with van der Waals surface area (Å²) in [6, 6.07) is 8.18. The molecule has 1 aromatic rings. The van der Waals surface area contributed by atoms with Crippen LogP contribution in [0.1, 0.15) is 61.7 Å². The van der Waals surface area contributed by atoms with Crippen molar-refractivity contribution in [3.63, 3.8) is 0 Å². The Morgan fingerprint density at radius 1 is 0.828 bits per heavy atom. The Bertz CT molecular complexity index is 634. The lowest BCUT2D eigenvalue weighted by molar-refractivity contribution is 0.0708. The number of ether oxygens (including phenoxy) is 1. The van der Waals surface area contributed by atoms with E-state index in [1.54, 1.807) is 0 Å². The standard InChI is InChI=1S/C24H37N3O2/c28-24(27-17-7-8-22(27)20-26-15-5-6-16-26)21-9-11-23(12-10-21)29-19-18-25-13-3-1-2-4-14-25/h9-12,22H,1-8,13-20H2/t22-/m0/s1. The van der Waals surface area contributed by atoms with Crippen molar-refractivity contribution in [1.82, 2.24) is 14.7 Å². The molecule has 29 heavy (non-hydrogen) atoms. The third-order valence-corrected chi connectivity index (χ3v) is 6.78. The van der Waals surface area contributed by atoms with Crippen molar-refractivity contribution in [3.8, 4) is 5.75 Å². The Balaban J connectivity index is 1.26. The fraction of sp³-hybridized carbons (Fsp3) is 0.708. The van der Waals surface area contributed by atoms with Gasteiger partial charge >= 0.3 is 0 Å². The van der Waals surface area contributed by atoms with Gasteiger partial charge in [-0.25, -0.2) is 0 Å². The van der Waals surface area contributed by atoms with Crippen LogP contribution in [0.15, 0.2) is 24.3 Å². The summed E-state index contributed by atoms with van der Waals surface area (Å²) in [7, 11) is 0. The summed E-state index contributed by atoms with van der Waals surface area (Å²) in [6.07, 6.45) is 10.2. The van der Waals surface area contributed by atoms with Crippen molar-refractivity contribution in [2.24, 2.45) is 0 Å². The summed E-state index contributed by atoms with van der Waals surface area (Å²) in [4.78, 5) is 20.2. The van der Waals surface area contributed by atoms with Crippen molar-refractivity contribution in [2.75, 3.05) is 52.4 Å². The van der Waals surface area contributed by atoms with Gasteiger partial charge in [0.05, 0.1) is 0 Å². The van der Waals surface area contributed by atoms with Crippen LogP contribution < -0.4 is 4.74 Å². The van der Waals surface area contributed by atoms with E-state index < -0.39 is 0 Å². The van der Waals surface area contributed by atoms with Crippen LogP contribution in [0.2, 0.25) is 0 Å². The fourth-order valence-corrected chi connectivity index (χ4v) is 5.07. The van der Waals surface area contributed by atoms with Gasteiger partial charge in [-0.2, -0.15) is 0 Å². The van der Waals surface area contributed by atoms with E-state index in [0.717, 1.165) is 50.4 Å². The van der Waals surface area contributed by atoms with Gasteiger partial charge in [-0.05, 0) is 89.0 Å². The number of carbonyl (C=O) groups excluding carboxylic acids is 1. The molecule has 0 bridgehead atoms. The van der Waals surface area contributed by atoms with Crippen LogP contribution in [-0.2, 0) is 0 Å². The topological polar surface area (TPSA) is 36.0 Å². The van der Waals surface area contributed by atoms with Crippen molar-refractivity contribution < 1.29 is 9.53 Å². The number of likely N-dealkylation sites (tertiary alicyclic amines) is 3. The van der Waals surface area contributed by atoms with Crippen LogP contribution in [-0.4, -0.2) is 79.1 Å². The first-order chi connectivity index (χ1) is 14.3. The number of nitrogens with zero attached hydrogens (tertiary/aromatic N) is 3. The van der Waals surface area contributed by atoms with Crippen molar-refractivity contribution in [1.29, 1.82) is 0 Å². The van der Waals surface area contributed by atoms with Gasteiger partial charge in [-0.1, -0.05) is 12.8 Å². The molecule has 0 aliphatic carbocycles. The monoisotopic (exact) mass is 399 g/mol. The van der Waals surface area contributed by atoms with Gasteiger partial charge in [-0.15, -0.1) is 0 Å². The maximum atomic E-state index is 13.1. The van der Waals surface area contributed by atoms with Crippen LogP contribution >= 0.6 is 0 Å². The minimum atomic E-state index is 0.183. The second-order valence-electron chi connectivity index (χ2n) is 8.93. The fourth-order valence-electron chi connectivity index (χ4n) is 5.07. The van der Waals surface area contributed by atoms with E-state index in [1.807, 2.05) is 24.3 Å². The van der Waals surface area contributed by atoms with Gasteiger partial charge in [-0.3, -0.25) is 9.69 Å². The van der Waals surface area contributed by atoms with Crippen LogP contribution in [0, 0.1) is 0 Å². The molecule has 3 saturated heterocycles. The zero-order valence-corrected chi connectivity index (χ0v) is 17.9. The second-order valence-corrected chi connectivity index (χ2v) is 8.93. The average molecular weight is 400 g/mol. The number of benzene rings is 1. The number of amides is 1. The summed E-state index contributed by atoms with van der Waals surface area (Å²) in [5.74, 6) is 1.05. The predicted octanol–water partition coefficient (Wildman–Crippen LogP) is 3.64. The highest BCUT2D eigenvalue weighted by Gasteiger charge is 2.31. The van der Waals surface area contributed by atoms with Gasteiger partial charge in [0.15, 0.2) is 0 Å². The van der Waals surface area contributed by atoms with E-state index in [1.165, 1.54) is 64.7 Å². The number of rotatable bonds is 7. The molecule has 1 atom stereocenters. The molecular weight excluding hydrogens is 362 g/mol. The first kappa shape index (κ1) is 20.7. The molecule has 0 N–H and O–H groups in total. The van der Waals surface area contributed by atoms with Gasteiger partial charge in [0.25, 0.3) is 5.91 Å². The lowest BCUT2D eigenvalue weighted by Gasteiger charge is -2.28. The molecule has 0 spiro atoms. The lowest BCUT2D eigenvalue weighted by Crippen LogP contribution is -2.42. The quantitative estimate of drug-likeness (QED) is 0.701. The second kappa shape index (κ2) is 10.4. The Hall–Kier alpha value is -1.59. The molecule has 1 aromatic carbocycles. The number of hydrogen-bond acceptors (Lipinski definition) is 4. The first-order valence-electron chi connectivity index (χ1n) is 11.8. The molecule has 3 heterocycles. The molecule has 0 saturated carbocycles. The largest absolute Gasteiger partial charge is 0.492 e. The predicted molar refractivity (Wildman–Crippen MR) is 117 cm³/mol.